The van der Waals surface area contributed by atoms with Crippen LogP contribution in [0.15, 0.2) is 28.8 Å². The van der Waals surface area contributed by atoms with Crippen LogP contribution in [0.4, 0.5) is 5.69 Å². The van der Waals surface area contributed by atoms with Gasteiger partial charge in [-0.25, -0.2) is 0 Å². The Labute approximate surface area is 156 Å². The normalized spacial score (nSPS) is 15.1. The lowest BCUT2D eigenvalue weighted by Gasteiger charge is -2.24. The average Bonchev–Trinajstić information content (AvgIpc) is 3.30. The Hall–Kier alpha value is -2.87. The topological polar surface area (TPSA) is 102 Å². The number of nitrogens with zero attached hydrogens (tertiary/aromatic N) is 2. The van der Waals surface area contributed by atoms with Gasteiger partial charge in [-0.15, -0.1) is 0 Å². The Kier molecular flexibility index (Phi) is 5.06. The summed E-state index contributed by atoms with van der Waals surface area (Å²) in [7, 11) is 0. The van der Waals surface area contributed by atoms with E-state index in [4.69, 9.17) is 14.0 Å². The molecule has 27 heavy (non-hydrogen) atoms. The highest BCUT2D eigenvalue weighted by molar-refractivity contribution is 5.94. The van der Waals surface area contributed by atoms with E-state index in [9.17, 15) is 4.79 Å². The largest absolute Gasteiger partial charge is 0.466 e. The van der Waals surface area contributed by atoms with E-state index in [-0.39, 0.29) is 12.4 Å². The van der Waals surface area contributed by atoms with Gasteiger partial charge < -0.3 is 24.3 Å². The Morgan fingerprint density at radius 1 is 1.37 bits per heavy atom. The van der Waals surface area contributed by atoms with Gasteiger partial charge in [0, 0.05) is 24.6 Å². The first-order valence-electron chi connectivity index (χ1n) is 9.17. The maximum absolute atomic E-state index is 11.6. The van der Waals surface area contributed by atoms with Gasteiger partial charge in [0.15, 0.2) is 5.82 Å². The maximum atomic E-state index is 11.6. The molecule has 1 saturated heterocycles. The summed E-state index contributed by atoms with van der Waals surface area (Å²) in [6, 6.07) is 8.46. The van der Waals surface area contributed by atoms with Gasteiger partial charge in [0.05, 0.1) is 17.8 Å². The van der Waals surface area contributed by atoms with Crippen LogP contribution >= 0.6 is 0 Å². The van der Waals surface area contributed by atoms with Crippen molar-refractivity contribution in [2.45, 2.75) is 32.2 Å². The molecule has 2 aromatic heterocycles. The molecule has 4 rings (SSSR count). The number of para-hydroxylation sites is 1. The molecular formula is C19H22N4O4. The highest BCUT2D eigenvalue weighted by atomic mass is 16.5. The van der Waals surface area contributed by atoms with Crippen molar-refractivity contribution in [3.8, 4) is 11.6 Å². The predicted octanol–water partition coefficient (Wildman–Crippen LogP) is 2.91. The first-order chi connectivity index (χ1) is 13.2. The predicted molar refractivity (Wildman–Crippen MR) is 99.4 cm³/mol. The molecule has 0 amide bonds. The third-order valence-electron chi connectivity index (χ3n) is 4.54. The Morgan fingerprint density at radius 3 is 3.04 bits per heavy atom. The SMILES string of the molecule is CCOC(=O)Cc1noc(-c2cc3cccc(NC4CCOCC4)c3[nH]2)n1. The van der Waals surface area contributed by atoms with Crippen LogP contribution in [-0.2, 0) is 20.7 Å². The maximum Gasteiger partial charge on any atom is 0.313 e. The third-order valence-corrected chi connectivity index (χ3v) is 4.54. The third kappa shape index (κ3) is 3.95. The van der Waals surface area contributed by atoms with Gasteiger partial charge in [-0.3, -0.25) is 4.79 Å². The molecule has 8 nitrogen and oxygen atoms in total. The minimum Gasteiger partial charge on any atom is -0.466 e. The smallest absolute Gasteiger partial charge is 0.313 e. The number of rotatable bonds is 6. The molecule has 0 spiro atoms. The lowest BCUT2D eigenvalue weighted by molar-refractivity contribution is -0.142. The number of hydrogen-bond acceptors (Lipinski definition) is 7. The van der Waals surface area contributed by atoms with Crippen LogP contribution in [0.1, 0.15) is 25.6 Å². The van der Waals surface area contributed by atoms with Crippen LogP contribution in [0.3, 0.4) is 0 Å². The van der Waals surface area contributed by atoms with Crippen molar-refractivity contribution >= 4 is 22.6 Å². The molecule has 1 aliphatic heterocycles. The number of aromatic amines is 1. The lowest BCUT2D eigenvalue weighted by atomic mass is 10.1. The average molecular weight is 370 g/mol. The highest BCUT2D eigenvalue weighted by Gasteiger charge is 2.18. The summed E-state index contributed by atoms with van der Waals surface area (Å²) in [6.45, 7) is 3.66. The number of nitrogens with one attached hydrogen (secondary N) is 2. The van der Waals surface area contributed by atoms with Gasteiger partial charge in [0.1, 0.15) is 12.1 Å². The molecule has 8 heteroatoms. The fourth-order valence-electron chi connectivity index (χ4n) is 3.23. The number of carbonyl (C=O) groups excluding carboxylic acids is 1. The van der Waals surface area contributed by atoms with Crippen molar-refractivity contribution in [2.24, 2.45) is 0 Å². The van der Waals surface area contributed by atoms with Crippen molar-refractivity contribution in [1.29, 1.82) is 0 Å². The minimum atomic E-state index is -0.371. The zero-order valence-corrected chi connectivity index (χ0v) is 15.2. The van der Waals surface area contributed by atoms with Gasteiger partial charge in [0.25, 0.3) is 5.89 Å². The van der Waals surface area contributed by atoms with E-state index in [2.05, 4.69) is 26.5 Å². The Bertz CT molecular complexity index is 927. The number of carbonyl (C=O) groups is 1. The Balaban J connectivity index is 1.55. The van der Waals surface area contributed by atoms with Crippen molar-refractivity contribution in [3.63, 3.8) is 0 Å². The fourth-order valence-corrected chi connectivity index (χ4v) is 3.23. The van der Waals surface area contributed by atoms with E-state index in [0.717, 1.165) is 42.6 Å². The summed E-state index contributed by atoms with van der Waals surface area (Å²) in [6.07, 6.45) is 1.98. The van der Waals surface area contributed by atoms with Crippen molar-refractivity contribution in [2.75, 3.05) is 25.1 Å². The van der Waals surface area contributed by atoms with E-state index in [0.29, 0.717) is 30.1 Å². The second-order valence-electron chi connectivity index (χ2n) is 6.48. The monoisotopic (exact) mass is 370 g/mol. The van der Waals surface area contributed by atoms with Crippen LogP contribution < -0.4 is 5.32 Å². The standard InChI is InChI=1S/C19H22N4O4/c1-2-26-17(24)11-16-22-19(27-23-16)15-10-12-4-3-5-14(18(12)21-15)20-13-6-8-25-9-7-13/h3-5,10,13,20-21H,2,6-9,11H2,1H3. The van der Waals surface area contributed by atoms with E-state index in [1.54, 1.807) is 6.92 Å². The molecule has 0 unspecified atom stereocenters. The molecule has 1 aliphatic rings. The van der Waals surface area contributed by atoms with E-state index < -0.39 is 0 Å². The molecule has 142 valence electrons. The zero-order chi connectivity index (χ0) is 18.6. The summed E-state index contributed by atoms with van der Waals surface area (Å²) < 4.78 is 15.6. The zero-order valence-electron chi connectivity index (χ0n) is 15.2. The number of aromatic nitrogens is 3. The number of anilines is 1. The molecule has 0 aliphatic carbocycles. The van der Waals surface area contributed by atoms with E-state index in [1.807, 2.05) is 18.2 Å². The number of esters is 1. The number of ether oxygens (including phenoxy) is 2. The summed E-state index contributed by atoms with van der Waals surface area (Å²) in [5.74, 6) is 0.287. The van der Waals surface area contributed by atoms with Gasteiger partial charge in [0.2, 0.25) is 0 Å². The van der Waals surface area contributed by atoms with Crippen molar-refractivity contribution < 1.29 is 18.8 Å². The van der Waals surface area contributed by atoms with Gasteiger partial charge in [-0.1, -0.05) is 17.3 Å². The second kappa shape index (κ2) is 7.79. The van der Waals surface area contributed by atoms with Gasteiger partial charge in [-0.05, 0) is 31.9 Å². The van der Waals surface area contributed by atoms with Crippen LogP contribution in [0.5, 0.6) is 0 Å². The highest BCUT2D eigenvalue weighted by Crippen LogP contribution is 2.29. The van der Waals surface area contributed by atoms with Gasteiger partial charge in [-0.2, -0.15) is 4.98 Å². The summed E-state index contributed by atoms with van der Waals surface area (Å²) >= 11 is 0. The summed E-state index contributed by atoms with van der Waals surface area (Å²) in [5.41, 5.74) is 2.75. The van der Waals surface area contributed by atoms with Gasteiger partial charge >= 0.3 is 5.97 Å². The molecule has 1 aromatic carbocycles. The molecule has 3 heterocycles. The lowest BCUT2D eigenvalue weighted by Crippen LogP contribution is -2.27. The van der Waals surface area contributed by atoms with Crippen molar-refractivity contribution in [3.05, 3.63) is 30.1 Å². The second-order valence-corrected chi connectivity index (χ2v) is 6.48. The number of benzene rings is 1. The number of H-pyrrole nitrogens is 1. The molecule has 0 saturated carbocycles. The quantitative estimate of drug-likeness (QED) is 0.643. The molecule has 2 N–H and O–H groups in total. The first-order valence-corrected chi connectivity index (χ1v) is 9.17. The van der Waals surface area contributed by atoms with E-state index >= 15 is 0 Å². The van der Waals surface area contributed by atoms with Crippen LogP contribution in [0, 0.1) is 0 Å². The number of fused-ring (bicyclic) bond motifs is 1. The number of hydrogen-bond donors (Lipinski definition) is 2. The molecule has 0 radical (unpaired) electrons. The van der Waals surface area contributed by atoms with Crippen LogP contribution in [-0.4, -0.2) is 47.0 Å². The molecule has 1 fully saturated rings. The fraction of sp³-hybridized carbons (Fsp3) is 0.421. The molecule has 3 aromatic rings. The Morgan fingerprint density at radius 2 is 2.22 bits per heavy atom. The molecule has 0 atom stereocenters. The molecule has 0 bridgehead atoms. The first kappa shape index (κ1) is 17.5. The summed E-state index contributed by atoms with van der Waals surface area (Å²) in [5, 5.41) is 8.51. The van der Waals surface area contributed by atoms with E-state index in [1.165, 1.54) is 0 Å². The summed E-state index contributed by atoms with van der Waals surface area (Å²) in [4.78, 5) is 19.2. The van der Waals surface area contributed by atoms with Crippen molar-refractivity contribution in [1.82, 2.24) is 15.1 Å². The van der Waals surface area contributed by atoms with Crippen LogP contribution in [0.25, 0.3) is 22.5 Å². The van der Waals surface area contributed by atoms with Crippen LogP contribution in [0.2, 0.25) is 0 Å². The minimum absolute atomic E-state index is 0.00583. The molecular weight excluding hydrogens is 348 g/mol.